The number of urea groups is 1. The molecule has 3 rings (SSSR count). The van der Waals surface area contributed by atoms with E-state index in [1.54, 1.807) is 0 Å². The molecule has 3 aliphatic heterocycles. The summed E-state index contributed by atoms with van der Waals surface area (Å²) in [6.07, 6.45) is 2.41. The van der Waals surface area contributed by atoms with Crippen LogP contribution in [0, 0.1) is 11.3 Å². The smallest absolute Gasteiger partial charge is 0.315 e. The molecule has 2 amide bonds. The Morgan fingerprint density at radius 1 is 1.32 bits per heavy atom. The fourth-order valence-corrected chi connectivity index (χ4v) is 4.24. The Bertz CT molecular complexity index is 358. The third kappa shape index (κ3) is 2.03. The normalized spacial score (nSPS) is 31.3. The molecule has 3 saturated heterocycles. The molecule has 0 radical (unpaired) electrons. The van der Waals surface area contributed by atoms with E-state index in [9.17, 15) is 4.79 Å². The number of piperidine rings is 1. The average Bonchev–Trinajstić information content (AvgIpc) is 2.26. The van der Waals surface area contributed by atoms with Gasteiger partial charge in [-0.15, -0.1) is 0 Å². The van der Waals surface area contributed by atoms with Crippen LogP contribution in [0.1, 0.15) is 26.7 Å². The van der Waals surface area contributed by atoms with Gasteiger partial charge in [-0.2, -0.15) is 0 Å². The van der Waals surface area contributed by atoms with Crippen molar-refractivity contribution in [2.75, 3.05) is 32.7 Å². The molecule has 0 aromatic carbocycles. The van der Waals surface area contributed by atoms with Crippen LogP contribution < -0.4 is 11.1 Å². The van der Waals surface area contributed by atoms with Crippen LogP contribution >= 0.6 is 0 Å². The number of amides is 2. The average molecular weight is 266 g/mol. The topological polar surface area (TPSA) is 61.6 Å². The van der Waals surface area contributed by atoms with E-state index in [0.29, 0.717) is 23.4 Å². The summed E-state index contributed by atoms with van der Waals surface area (Å²) in [6, 6.07) is 0.795. The van der Waals surface area contributed by atoms with Gasteiger partial charge in [-0.3, -0.25) is 0 Å². The van der Waals surface area contributed by atoms with Crippen LogP contribution in [0.5, 0.6) is 0 Å². The van der Waals surface area contributed by atoms with Crippen molar-refractivity contribution in [1.82, 2.24) is 15.1 Å². The molecule has 3 N–H and O–H groups in total. The minimum atomic E-state index is -0.228. The summed E-state index contributed by atoms with van der Waals surface area (Å²) in [4.78, 5) is 16.0. The van der Waals surface area contributed by atoms with Crippen molar-refractivity contribution < 1.29 is 4.79 Å². The zero-order valence-corrected chi connectivity index (χ0v) is 12.1. The first-order valence-electron chi connectivity index (χ1n) is 7.54. The van der Waals surface area contributed by atoms with Crippen LogP contribution in [-0.2, 0) is 0 Å². The van der Waals surface area contributed by atoms with Crippen LogP contribution in [0.25, 0.3) is 0 Å². The van der Waals surface area contributed by atoms with E-state index in [2.05, 4.69) is 24.1 Å². The lowest BCUT2D eigenvalue weighted by Crippen LogP contribution is -2.80. The van der Waals surface area contributed by atoms with Gasteiger partial charge in [-0.1, -0.05) is 0 Å². The minimum Gasteiger partial charge on any atom is -0.351 e. The van der Waals surface area contributed by atoms with Gasteiger partial charge in [0.25, 0.3) is 0 Å². The molecule has 5 nitrogen and oxygen atoms in total. The number of hydrogen-bond donors (Lipinski definition) is 2. The van der Waals surface area contributed by atoms with E-state index in [-0.39, 0.29) is 6.03 Å². The highest BCUT2D eigenvalue weighted by Gasteiger charge is 2.59. The molecule has 0 saturated carbocycles. The van der Waals surface area contributed by atoms with E-state index >= 15 is 0 Å². The fourth-order valence-electron chi connectivity index (χ4n) is 4.24. The van der Waals surface area contributed by atoms with Gasteiger partial charge in [-0.05, 0) is 45.7 Å². The molecular formula is C14H26N4O. The largest absolute Gasteiger partial charge is 0.351 e. The second-order valence-corrected chi connectivity index (χ2v) is 6.84. The van der Waals surface area contributed by atoms with E-state index in [1.165, 1.54) is 12.8 Å². The van der Waals surface area contributed by atoms with Crippen molar-refractivity contribution in [1.29, 1.82) is 0 Å². The first kappa shape index (κ1) is 13.2. The van der Waals surface area contributed by atoms with Crippen LogP contribution in [-0.4, -0.2) is 60.6 Å². The van der Waals surface area contributed by atoms with E-state index in [0.717, 1.165) is 32.7 Å². The Hall–Kier alpha value is -0.810. The summed E-state index contributed by atoms with van der Waals surface area (Å²) in [5.74, 6) is 0.637. The van der Waals surface area contributed by atoms with Crippen molar-refractivity contribution in [2.45, 2.75) is 38.8 Å². The van der Waals surface area contributed by atoms with Gasteiger partial charge in [0.15, 0.2) is 0 Å². The molecular weight excluding hydrogens is 240 g/mol. The van der Waals surface area contributed by atoms with Crippen molar-refractivity contribution in [2.24, 2.45) is 17.1 Å². The molecule has 108 valence electrons. The van der Waals surface area contributed by atoms with Gasteiger partial charge in [-0.25, -0.2) is 4.79 Å². The highest BCUT2D eigenvalue weighted by atomic mass is 16.2. The number of hydrogen-bond acceptors (Lipinski definition) is 3. The van der Waals surface area contributed by atoms with Gasteiger partial charge >= 0.3 is 6.03 Å². The maximum atomic E-state index is 11.6. The third-order valence-electron chi connectivity index (χ3n) is 5.44. The SMILES string of the molecule is CC(C)N1CCC(C2N(C(N)=O)CC23CNC3)CC1. The summed E-state index contributed by atoms with van der Waals surface area (Å²) in [5, 5.41) is 3.37. The molecule has 3 fully saturated rings. The van der Waals surface area contributed by atoms with Crippen molar-refractivity contribution in [3.05, 3.63) is 0 Å². The molecule has 0 aliphatic carbocycles. The van der Waals surface area contributed by atoms with Gasteiger partial charge in [0.2, 0.25) is 0 Å². The van der Waals surface area contributed by atoms with Crippen molar-refractivity contribution in [3.63, 3.8) is 0 Å². The van der Waals surface area contributed by atoms with E-state index in [4.69, 9.17) is 5.73 Å². The summed E-state index contributed by atoms with van der Waals surface area (Å²) in [5.41, 5.74) is 5.87. The molecule has 19 heavy (non-hydrogen) atoms. The number of rotatable bonds is 2. The third-order valence-corrected chi connectivity index (χ3v) is 5.44. The second-order valence-electron chi connectivity index (χ2n) is 6.84. The molecule has 0 aromatic rings. The van der Waals surface area contributed by atoms with Gasteiger partial charge in [0.1, 0.15) is 0 Å². The Labute approximate surface area is 115 Å². The van der Waals surface area contributed by atoms with Crippen LogP contribution in [0.4, 0.5) is 4.79 Å². The second kappa shape index (κ2) is 4.63. The highest BCUT2D eigenvalue weighted by molar-refractivity contribution is 5.74. The number of nitrogens with one attached hydrogen (secondary N) is 1. The maximum absolute atomic E-state index is 11.6. The molecule has 3 aliphatic rings. The lowest BCUT2D eigenvalue weighted by molar-refractivity contribution is -0.113. The number of nitrogens with zero attached hydrogens (tertiary/aromatic N) is 2. The molecule has 0 aromatic heterocycles. The van der Waals surface area contributed by atoms with E-state index < -0.39 is 0 Å². The lowest BCUT2D eigenvalue weighted by atomic mass is 9.61. The Morgan fingerprint density at radius 3 is 2.37 bits per heavy atom. The number of primary amides is 1. The number of carbonyl (C=O) groups is 1. The predicted octanol–water partition coefficient (Wildman–Crippen LogP) is 0.459. The fraction of sp³-hybridized carbons (Fsp3) is 0.929. The molecule has 1 unspecified atom stereocenters. The quantitative estimate of drug-likeness (QED) is 0.763. The first-order valence-corrected chi connectivity index (χ1v) is 7.54. The Balaban J connectivity index is 1.65. The zero-order chi connectivity index (χ0) is 13.6. The number of likely N-dealkylation sites (tertiary alicyclic amines) is 2. The molecule has 0 bridgehead atoms. The highest BCUT2D eigenvalue weighted by Crippen LogP contribution is 2.47. The summed E-state index contributed by atoms with van der Waals surface area (Å²) < 4.78 is 0. The van der Waals surface area contributed by atoms with E-state index in [1.807, 2.05) is 4.90 Å². The van der Waals surface area contributed by atoms with Crippen molar-refractivity contribution in [3.8, 4) is 0 Å². The van der Waals surface area contributed by atoms with Gasteiger partial charge < -0.3 is 20.9 Å². The molecule has 1 spiro atoms. The van der Waals surface area contributed by atoms with Gasteiger partial charge in [0.05, 0.1) is 0 Å². The van der Waals surface area contributed by atoms with Crippen molar-refractivity contribution >= 4 is 6.03 Å². The molecule has 3 heterocycles. The minimum absolute atomic E-state index is 0.228. The molecule has 5 heteroatoms. The Kier molecular flexibility index (Phi) is 3.21. The predicted molar refractivity (Wildman–Crippen MR) is 74.8 cm³/mol. The van der Waals surface area contributed by atoms with Crippen LogP contribution in [0.2, 0.25) is 0 Å². The van der Waals surface area contributed by atoms with Crippen LogP contribution in [0.3, 0.4) is 0 Å². The summed E-state index contributed by atoms with van der Waals surface area (Å²) in [6.45, 7) is 9.83. The lowest BCUT2D eigenvalue weighted by Gasteiger charge is -2.64. The summed E-state index contributed by atoms with van der Waals surface area (Å²) in [7, 11) is 0. The maximum Gasteiger partial charge on any atom is 0.315 e. The standard InChI is InChI=1S/C14H26N4O/c1-10(2)17-5-3-11(4-6-17)12-14(7-16-8-14)9-18(12)13(15)19/h10-12,16H,3-9H2,1-2H3,(H2,15,19). The summed E-state index contributed by atoms with van der Waals surface area (Å²) >= 11 is 0. The molecule has 1 atom stereocenters. The zero-order valence-electron chi connectivity index (χ0n) is 12.1. The van der Waals surface area contributed by atoms with Crippen LogP contribution in [0.15, 0.2) is 0 Å². The number of carbonyl (C=O) groups excluding carboxylic acids is 1. The monoisotopic (exact) mass is 266 g/mol. The van der Waals surface area contributed by atoms with Gasteiger partial charge in [0, 0.05) is 37.1 Å². The Morgan fingerprint density at radius 2 is 1.95 bits per heavy atom. The first-order chi connectivity index (χ1) is 9.03. The number of nitrogens with two attached hydrogens (primary N) is 1.